The van der Waals surface area contributed by atoms with E-state index in [4.69, 9.17) is 4.98 Å². The summed E-state index contributed by atoms with van der Waals surface area (Å²) in [5, 5.41) is 0. The lowest BCUT2D eigenvalue weighted by molar-refractivity contribution is -0.153. The molecule has 1 amide bonds. The van der Waals surface area contributed by atoms with Gasteiger partial charge in [0.2, 0.25) is 5.91 Å². The first-order valence-electron chi connectivity index (χ1n) is 10.7. The molecule has 4 atom stereocenters. The van der Waals surface area contributed by atoms with E-state index in [0.29, 0.717) is 29.8 Å². The predicted molar refractivity (Wildman–Crippen MR) is 106 cm³/mol. The highest BCUT2D eigenvalue weighted by atomic mass is 16.2. The van der Waals surface area contributed by atoms with Crippen LogP contribution in [-0.2, 0) is 17.8 Å². The highest BCUT2D eigenvalue weighted by Crippen LogP contribution is 2.42. The number of aromatic amines is 1. The number of carbonyl (C=O) groups excluding carboxylic acids is 1. The van der Waals surface area contributed by atoms with Gasteiger partial charge in [0.25, 0.3) is 0 Å². The monoisotopic (exact) mass is 373 g/mol. The minimum atomic E-state index is 0.364. The van der Waals surface area contributed by atoms with Crippen molar-refractivity contribution in [2.24, 2.45) is 11.8 Å². The number of H-pyrrole nitrogens is 1. The Hall–Kier alpha value is -1.40. The molecule has 3 aliphatic rings. The molecule has 0 radical (unpaired) electrons. The number of likely N-dealkylation sites (N-methyl/N-ethyl adjacent to an activating group) is 1. The van der Waals surface area contributed by atoms with Gasteiger partial charge in [-0.25, -0.2) is 4.98 Å². The maximum atomic E-state index is 12.8. The van der Waals surface area contributed by atoms with Gasteiger partial charge in [-0.05, 0) is 52.1 Å². The van der Waals surface area contributed by atoms with Crippen LogP contribution in [0.2, 0.25) is 0 Å². The van der Waals surface area contributed by atoms with Gasteiger partial charge in [-0.1, -0.05) is 6.92 Å². The minimum absolute atomic E-state index is 0.364. The average molecular weight is 374 g/mol. The fraction of sp³-hybridized carbons (Fsp3) is 0.810. The molecule has 3 aliphatic heterocycles. The number of hydrogen-bond acceptors (Lipinski definition) is 4. The van der Waals surface area contributed by atoms with Crippen molar-refractivity contribution in [2.75, 3.05) is 33.7 Å². The van der Waals surface area contributed by atoms with E-state index in [1.165, 1.54) is 24.2 Å². The highest BCUT2D eigenvalue weighted by molar-refractivity contribution is 5.78. The fourth-order valence-electron chi connectivity index (χ4n) is 5.71. The van der Waals surface area contributed by atoms with Crippen molar-refractivity contribution in [1.82, 2.24) is 24.7 Å². The van der Waals surface area contributed by atoms with Gasteiger partial charge >= 0.3 is 0 Å². The zero-order valence-corrected chi connectivity index (χ0v) is 17.4. The van der Waals surface area contributed by atoms with Crippen molar-refractivity contribution < 1.29 is 4.79 Å². The van der Waals surface area contributed by atoms with E-state index in [1.807, 2.05) is 0 Å². The topological polar surface area (TPSA) is 55.5 Å². The molecule has 1 N–H and O–H groups in total. The predicted octanol–water partition coefficient (Wildman–Crippen LogP) is 2.04. The lowest BCUT2D eigenvalue weighted by atomic mass is 9.72. The highest BCUT2D eigenvalue weighted by Gasteiger charge is 2.49. The number of fused-ring (bicyclic) bond motifs is 4. The Bertz CT molecular complexity index is 684. The average Bonchev–Trinajstić information content (AvgIpc) is 2.98. The van der Waals surface area contributed by atoms with Crippen molar-refractivity contribution in [3.8, 4) is 0 Å². The summed E-state index contributed by atoms with van der Waals surface area (Å²) in [4.78, 5) is 28.2. The van der Waals surface area contributed by atoms with Crippen molar-refractivity contribution in [1.29, 1.82) is 0 Å². The molecular formula is C21H35N5O. The number of piperidine rings is 3. The Balaban J connectivity index is 1.55. The Morgan fingerprint density at radius 1 is 1.26 bits per heavy atom. The van der Waals surface area contributed by atoms with Crippen LogP contribution in [0.3, 0.4) is 0 Å². The molecule has 6 nitrogen and oxygen atoms in total. The Morgan fingerprint density at radius 2 is 2.04 bits per heavy atom. The third kappa shape index (κ3) is 3.66. The summed E-state index contributed by atoms with van der Waals surface area (Å²) < 4.78 is 0. The van der Waals surface area contributed by atoms with Gasteiger partial charge in [0, 0.05) is 56.8 Å². The summed E-state index contributed by atoms with van der Waals surface area (Å²) >= 11 is 0. The van der Waals surface area contributed by atoms with Gasteiger partial charge in [-0.15, -0.1) is 0 Å². The molecule has 27 heavy (non-hydrogen) atoms. The molecule has 0 aliphatic carbocycles. The molecule has 1 aromatic rings. The van der Waals surface area contributed by atoms with E-state index in [0.717, 1.165) is 51.3 Å². The van der Waals surface area contributed by atoms with Crippen molar-refractivity contribution in [3.63, 3.8) is 0 Å². The summed E-state index contributed by atoms with van der Waals surface area (Å²) in [7, 11) is 4.27. The first-order valence-corrected chi connectivity index (χ1v) is 10.7. The fourth-order valence-corrected chi connectivity index (χ4v) is 5.71. The number of hydrogen-bond donors (Lipinski definition) is 1. The van der Waals surface area contributed by atoms with E-state index >= 15 is 0 Å². The second-order valence-electron chi connectivity index (χ2n) is 9.15. The Labute approximate surface area is 163 Å². The quantitative estimate of drug-likeness (QED) is 0.858. The maximum absolute atomic E-state index is 12.8. The van der Waals surface area contributed by atoms with Crippen LogP contribution in [0.5, 0.6) is 0 Å². The number of likely N-dealkylation sites (tertiary alicyclic amines) is 1. The number of nitrogens with zero attached hydrogens (tertiary/aromatic N) is 4. The molecule has 1 aromatic heterocycles. The Morgan fingerprint density at radius 3 is 2.74 bits per heavy atom. The summed E-state index contributed by atoms with van der Waals surface area (Å²) in [5.74, 6) is 2.69. The summed E-state index contributed by atoms with van der Waals surface area (Å²) in [5.41, 5.74) is 2.41. The number of imidazole rings is 1. The standard InChI is InChI=1S/C21H35N5O/c1-5-20-22-14(2)17(23-20)12-25-10-15-9-16(11-25)19(13-24(3)4)26-18(15)7-6-8-21(26)27/h15-16,18-19H,5-13H2,1-4H3,(H,22,23)/t15-,16+,18+,19+/m1/s1. The van der Waals surface area contributed by atoms with E-state index < -0.39 is 0 Å². The van der Waals surface area contributed by atoms with Crippen LogP contribution < -0.4 is 0 Å². The number of nitrogens with one attached hydrogen (secondary N) is 1. The zero-order chi connectivity index (χ0) is 19.1. The molecule has 0 saturated carbocycles. The third-order valence-corrected chi connectivity index (χ3v) is 6.87. The van der Waals surface area contributed by atoms with Crippen molar-refractivity contribution in [3.05, 3.63) is 17.2 Å². The van der Waals surface area contributed by atoms with Crippen LogP contribution in [0.1, 0.15) is 49.8 Å². The number of amides is 1. The molecule has 3 saturated heterocycles. The molecule has 0 spiro atoms. The van der Waals surface area contributed by atoms with Gasteiger partial charge in [0.05, 0.1) is 5.69 Å². The zero-order valence-electron chi connectivity index (χ0n) is 17.4. The second-order valence-corrected chi connectivity index (χ2v) is 9.15. The van der Waals surface area contributed by atoms with Crippen LogP contribution in [0.15, 0.2) is 0 Å². The van der Waals surface area contributed by atoms with Gasteiger partial charge in [-0.2, -0.15) is 0 Å². The van der Waals surface area contributed by atoms with Crippen LogP contribution >= 0.6 is 0 Å². The molecule has 2 bridgehead atoms. The number of aryl methyl sites for hydroxylation is 2. The summed E-state index contributed by atoms with van der Waals surface area (Å²) in [6.07, 6.45) is 5.23. The third-order valence-electron chi connectivity index (χ3n) is 6.87. The first kappa shape index (κ1) is 18.9. The summed E-state index contributed by atoms with van der Waals surface area (Å²) in [6.45, 7) is 8.39. The van der Waals surface area contributed by atoms with Crippen LogP contribution in [0, 0.1) is 18.8 Å². The second kappa shape index (κ2) is 7.55. The molecule has 0 unspecified atom stereocenters. The van der Waals surface area contributed by atoms with Gasteiger partial charge in [0.15, 0.2) is 0 Å². The number of aromatic nitrogens is 2. The smallest absolute Gasteiger partial charge is 0.223 e. The van der Waals surface area contributed by atoms with Gasteiger partial charge < -0.3 is 14.8 Å². The maximum Gasteiger partial charge on any atom is 0.223 e. The lowest BCUT2D eigenvalue weighted by Crippen LogP contribution is -2.66. The minimum Gasteiger partial charge on any atom is -0.346 e. The van der Waals surface area contributed by atoms with Crippen LogP contribution in [-0.4, -0.2) is 76.4 Å². The molecular weight excluding hydrogens is 338 g/mol. The van der Waals surface area contributed by atoms with E-state index in [2.05, 4.69) is 47.6 Å². The largest absolute Gasteiger partial charge is 0.346 e. The van der Waals surface area contributed by atoms with E-state index in [-0.39, 0.29) is 0 Å². The van der Waals surface area contributed by atoms with Gasteiger partial charge in [0.1, 0.15) is 5.82 Å². The van der Waals surface area contributed by atoms with Crippen LogP contribution in [0.25, 0.3) is 0 Å². The number of carbonyl (C=O) groups is 1. The van der Waals surface area contributed by atoms with E-state index in [1.54, 1.807) is 0 Å². The molecule has 4 heterocycles. The Kier molecular flexibility index (Phi) is 5.30. The normalized spacial score (nSPS) is 31.4. The van der Waals surface area contributed by atoms with Crippen LogP contribution in [0.4, 0.5) is 0 Å². The molecule has 4 rings (SSSR count). The molecule has 150 valence electrons. The summed E-state index contributed by atoms with van der Waals surface area (Å²) in [6, 6.07) is 0.810. The molecule has 6 heteroatoms. The first-order chi connectivity index (χ1) is 13.0. The van der Waals surface area contributed by atoms with E-state index in [9.17, 15) is 4.79 Å². The van der Waals surface area contributed by atoms with Gasteiger partial charge in [-0.3, -0.25) is 9.69 Å². The SMILES string of the molecule is CCc1nc(CN2C[C@H]3C[C@@H](C2)[C@H](CN(C)C)N2C(=O)CCC[C@@H]32)c(C)[nH]1. The molecule has 0 aromatic carbocycles. The van der Waals surface area contributed by atoms with Crippen molar-refractivity contribution >= 4 is 5.91 Å². The lowest BCUT2D eigenvalue weighted by Gasteiger charge is -2.57. The number of rotatable bonds is 5. The van der Waals surface area contributed by atoms with Crippen molar-refractivity contribution in [2.45, 2.75) is 64.6 Å². The molecule has 3 fully saturated rings.